The Morgan fingerprint density at radius 1 is 1.14 bits per heavy atom. The van der Waals surface area contributed by atoms with Crippen molar-refractivity contribution in [1.29, 1.82) is 0 Å². The standard InChI is InChI=1S/C19H24N4O4S/c1-14-13-28-19(21-14)22-20-12-17-4-6-18(7-5-17)23(8-10-26-15(2)24)9-11-27-16(3)25/h4-7,12-13H,8-11H2,1-3H3,(H,21,22). The predicted octanol–water partition coefficient (Wildman–Crippen LogP) is 2.83. The number of ether oxygens (including phenoxy) is 2. The smallest absolute Gasteiger partial charge is 0.302 e. The summed E-state index contributed by atoms with van der Waals surface area (Å²) in [5.41, 5.74) is 5.70. The first kappa shape index (κ1) is 21.4. The van der Waals surface area contributed by atoms with Gasteiger partial charge in [-0.15, -0.1) is 11.3 Å². The Labute approximate surface area is 168 Å². The zero-order valence-corrected chi connectivity index (χ0v) is 17.0. The molecule has 0 bridgehead atoms. The highest BCUT2D eigenvalue weighted by molar-refractivity contribution is 7.13. The van der Waals surface area contributed by atoms with E-state index in [1.165, 1.54) is 25.2 Å². The first-order chi connectivity index (χ1) is 13.4. The van der Waals surface area contributed by atoms with Gasteiger partial charge >= 0.3 is 11.9 Å². The zero-order valence-electron chi connectivity index (χ0n) is 16.2. The zero-order chi connectivity index (χ0) is 20.4. The van der Waals surface area contributed by atoms with Gasteiger partial charge in [0.05, 0.1) is 25.0 Å². The van der Waals surface area contributed by atoms with E-state index >= 15 is 0 Å². The third kappa shape index (κ3) is 7.75. The highest BCUT2D eigenvalue weighted by Crippen LogP contribution is 2.16. The summed E-state index contributed by atoms with van der Waals surface area (Å²) in [4.78, 5) is 28.2. The number of carbonyl (C=O) groups excluding carboxylic acids is 2. The van der Waals surface area contributed by atoms with E-state index in [9.17, 15) is 9.59 Å². The number of thiazole rings is 1. The van der Waals surface area contributed by atoms with Crippen LogP contribution < -0.4 is 10.3 Å². The largest absolute Gasteiger partial charge is 0.464 e. The molecule has 0 saturated carbocycles. The molecular formula is C19H24N4O4S. The van der Waals surface area contributed by atoms with Gasteiger partial charge in [0, 0.05) is 24.9 Å². The van der Waals surface area contributed by atoms with Crippen molar-refractivity contribution in [1.82, 2.24) is 4.98 Å². The molecule has 9 heteroatoms. The second kappa shape index (κ2) is 11.0. The molecule has 0 amide bonds. The summed E-state index contributed by atoms with van der Waals surface area (Å²) in [6, 6.07) is 7.74. The number of esters is 2. The van der Waals surface area contributed by atoms with E-state index < -0.39 is 0 Å². The number of benzene rings is 1. The molecule has 0 unspecified atom stereocenters. The van der Waals surface area contributed by atoms with Crippen LogP contribution in [0.5, 0.6) is 0 Å². The van der Waals surface area contributed by atoms with Crippen molar-refractivity contribution < 1.29 is 19.1 Å². The lowest BCUT2D eigenvalue weighted by Gasteiger charge is -2.24. The molecule has 0 saturated heterocycles. The van der Waals surface area contributed by atoms with Gasteiger partial charge in [-0.1, -0.05) is 12.1 Å². The van der Waals surface area contributed by atoms with Gasteiger partial charge in [-0.05, 0) is 24.6 Å². The van der Waals surface area contributed by atoms with Crippen molar-refractivity contribution in [2.45, 2.75) is 20.8 Å². The maximum Gasteiger partial charge on any atom is 0.302 e. The van der Waals surface area contributed by atoms with Crippen LogP contribution in [0.1, 0.15) is 25.1 Å². The molecule has 28 heavy (non-hydrogen) atoms. The fourth-order valence-corrected chi connectivity index (χ4v) is 2.94. The van der Waals surface area contributed by atoms with Gasteiger partial charge in [-0.2, -0.15) is 5.10 Å². The Kier molecular flexibility index (Phi) is 8.41. The van der Waals surface area contributed by atoms with E-state index in [4.69, 9.17) is 9.47 Å². The van der Waals surface area contributed by atoms with Crippen molar-refractivity contribution in [2.75, 3.05) is 36.6 Å². The minimum atomic E-state index is -0.325. The Bertz CT molecular complexity index is 785. The summed E-state index contributed by atoms with van der Waals surface area (Å²) in [7, 11) is 0. The van der Waals surface area contributed by atoms with Crippen molar-refractivity contribution >= 4 is 40.3 Å². The van der Waals surface area contributed by atoms with Crippen LogP contribution in [0.2, 0.25) is 0 Å². The van der Waals surface area contributed by atoms with Crippen molar-refractivity contribution in [3.05, 3.63) is 40.9 Å². The van der Waals surface area contributed by atoms with Gasteiger partial charge < -0.3 is 14.4 Å². The molecule has 0 aliphatic carbocycles. The van der Waals surface area contributed by atoms with Gasteiger partial charge in [0.15, 0.2) is 0 Å². The maximum absolute atomic E-state index is 11.0. The topological polar surface area (TPSA) is 93.1 Å². The van der Waals surface area contributed by atoms with E-state index in [2.05, 4.69) is 15.5 Å². The average molecular weight is 404 g/mol. The van der Waals surface area contributed by atoms with Gasteiger partial charge in [-0.3, -0.25) is 15.0 Å². The summed E-state index contributed by atoms with van der Waals surface area (Å²) in [5.74, 6) is -0.649. The number of nitrogens with zero attached hydrogens (tertiary/aromatic N) is 3. The molecule has 0 fully saturated rings. The number of carbonyl (C=O) groups is 2. The lowest BCUT2D eigenvalue weighted by molar-refractivity contribution is -0.141. The number of hydrogen-bond donors (Lipinski definition) is 1. The lowest BCUT2D eigenvalue weighted by atomic mass is 10.2. The summed E-state index contributed by atoms with van der Waals surface area (Å²) in [6.07, 6.45) is 1.71. The number of anilines is 2. The van der Waals surface area contributed by atoms with E-state index in [-0.39, 0.29) is 25.2 Å². The first-order valence-corrected chi connectivity index (χ1v) is 9.65. The fourth-order valence-electron chi connectivity index (χ4n) is 2.31. The molecule has 2 aromatic rings. The van der Waals surface area contributed by atoms with Crippen molar-refractivity contribution in [3.63, 3.8) is 0 Å². The molecule has 0 radical (unpaired) electrons. The van der Waals surface area contributed by atoms with Crippen LogP contribution in [-0.4, -0.2) is 49.4 Å². The van der Waals surface area contributed by atoms with Crippen LogP contribution in [0.15, 0.2) is 34.7 Å². The Morgan fingerprint density at radius 2 is 1.75 bits per heavy atom. The maximum atomic E-state index is 11.0. The number of aromatic nitrogens is 1. The lowest BCUT2D eigenvalue weighted by Crippen LogP contribution is -2.31. The van der Waals surface area contributed by atoms with E-state index in [1.807, 2.05) is 41.5 Å². The molecule has 8 nitrogen and oxygen atoms in total. The molecule has 1 N–H and O–H groups in total. The monoisotopic (exact) mass is 404 g/mol. The molecule has 0 spiro atoms. The Morgan fingerprint density at radius 3 is 2.25 bits per heavy atom. The third-order valence-electron chi connectivity index (χ3n) is 3.58. The Hall–Kier alpha value is -2.94. The molecule has 0 aliphatic rings. The molecular weight excluding hydrogens is 380 g/mol. The van der Waals surface area contributed by atoms with E-state index in [1.54, 1.807) is 6.21 Å². The predicted molar refractivity (Wildman–Crippen MR) is 110 cm³/mol. The molecule has 2 rings (SSSR count). The summed E-state index contributed by atoms with van der Waals surface area (Å²) in [5, 5.41) is 6.88. The highest BCUT2D eigenvalue weighted by atomic mass is 32.1. The number of hydrazone groups is 1. The highest BCUT2D eigenvalue weighted by Gasteiger charge is 2.08. The van der Waals surface area contributed by atoms with Gasteiger partial charge in [0.1, 0.15) is 13.2 Å². The summed E-state index contributed by atoms with van der Waals surface area (Å²) >= 11 is 1.50. The summed E-state index contributed by atoms with van der Waals surface area (Å²) < 4.78 is 10.0. The van der Waals surface area contributed by atoms with Crippen LogP contribution in [0.25, 0.3) is 0 Å². The van der Waals surface area contributed by atoms with Crippen LogP contribution in [0.3, 0.4) is 0 Å². The van der Waals surface area contributed by atoms with Crippen molar-refractivity contribution in [3.8, 4) is 0 Å². The first-order valence-electron chi connectivity index (χ1n) is 8.77. The molecule has 1 aromatic heterocycles. The van der Waals surface area contributed by atoms with Gasteiger partial charge in [-0.25, -0.2) is 4.98 Å². The second-order valence-electron chi connectivity index (χ2n) is 5.92. The van der Waals surface area contributed by atoms with E-state index in [0.29, 0.717) is 13.1 Å². The minimum absolute atomic E-state index is 0.260. The molecule has 1 heterocycles. The third-order valence-corrected chi connectivity index (χ3v) is 4.45. The van der Waals surface area contributed by atoms with Crippen LogP contribution in [0, 0.1) is 6.92 Å². The normalized spacial score (nSPS) is 10.7. The van der Waals surface area contributed by atoms with Crippen molar-refractivity contribution in [2.24, 2.45) is 5.10 Å². The Balaban J connectivity index is 1.95. The SMILES string of the molecule is CC(=O)OCCN(CCOC(C)=O)c1ccc(C=NNc2nc(C)cs2)cc1. The van der Waals surface area contributed by atoms with Crippen LogP contribution in [-0.2, 0) is 19.1 Å². The quantitative estimate of drug-likeness (QED) is 0.370. The van der Waals surface area contributed by atoms with Gasteiger partial charge in [0.25, 0.3) is 0 Å². The minimum Gasteiger partial charge on any atom is -0.464 e. The molecule has 0 aliphatic heterocycles. The van der Waals surface area contributed by atoms with Gasteiger partial charge in [0.2, 0.25) is 5.13 Å². The number of rotatable bonds is 10. The summed E-state index contributed by atoms with van der Waals surface area (Å²) in [6.45, 7) is 6.19. The number of nitrogens with one attached hydrogen (secondary N) is 1. The van der Waals surface area contributed by atoms with E-state index in [0.717, 1.165) is 22.1 Å². The number of aryl methyl sites for hydroxylation is 1. The second-order valence-corrected chi connectivity index (χ2v) is 6.78. The van der Waals surface area contributed by atoms with Crippen LogP contribution >= 0.6 is 11.3 Å². The van der Waals surface area contributed by atoms with Crippen LogP contribution in [0.4, 0.5) is 10.8 Å². The molecule has 0 atom stereocenters. The fraction of sp³-hybridized carbons (Fsp3) is 0.368. The molecule has 150 valence electrons. The molecule has 1 aromatic carbocycles. The number of hydrogen-bond acceptors (Lipinski definition) is 9. The average Bonchev–Trinajstić information content (AvgIpc) is 3.06.